The molecule has 1 amide bonds. The molecule has 94 valence electrons. The molecule has 3 nitrogen and oxygen atoms in total. The molecule has 2 fully saturated rings. The average Bonchev–Trinajstić information content (AvgIpc) is 2.72. The normalized spacial score (nSPS) is 36.5. The van der Waals surface area contributed by atoms with Crippen molar-refractivity contribution in [2.24, 2.45) is 11.3 Å². The molecule has 1 saturated carbocycles. The molecular formula is C12H23ClN2O. The molecule has 0 aromatic heterocycles. The number of carbonyl (C=O) groups is 1. The number of nitrogens with one attached hydrogen (secondary N) is 1. The molecule has 1 N–H and O–H groups in total. The number of halogens is 1. The molecule has 0 bridgehead atoms. The first kappa shape index (κ1) is 13.8. The summed E-state index contributed by atoms with van der Waals surface area (Å²) in [6.45, 7) is 10.4. The molecule has 4 heteroatoms. The zero-order valence-corrected chi connectivity index (χ0v) is 11.4. The van der Waals surface area contributed by atoms with E-state index in [0.29, 0.717) is 18.0 Å². The lowest BCUT2D eigenvalue weighted by Crippen LogP contribution is -2.56. The first-order valence-corrected chi connectivity index (χ1v) is 5.95. The third-order valence-electron chi connectivity index (χ3n) is 3.68. The van der Waals surface area contributed by atoms with Crippen LogP contribution in [0.1, 0.15) is 34.1 Å². The van der Waals surface area contributed by atoms with Crippen LogP contribution in [0.4, 0.5) is 0 Å². The predicted octanol–water partition coefficient (Wildman–Crippen LogP) is 1.66. The number of hydrogen-bond acceptors (Lipinski definition) is 2. The SMILES string of the molecule is CC1CN(C(=O)C2CC2(C)C)CC(C)N1.Cl. The maximum absolute atomic E-state index is 12.2. The maximum atomic E-state index is 12.2. The molecule has 2 rings (SSSR count). The third-order valence-corrected chi connectivity index (χ3v) is 3.68. The molecule has 2 aliphatic rings. The van der Waals surface area contributed by atoms with E-state index in [1.54, 1.807) is 0 Å². The topological polar surface area (TPSA) is 32.3 Å². The zero-order valence-electron chi connectivity index (χ0n) is 10.6. The molecule has 1 saturated heterocycles. The van der Waals surface area contributed by atoms with Crippen molar-refractivity contribution < 1.29 is 4.79 Å². The number of amides is 1. The van der Waals surface area contributed by atoms with Crippen molar-refractivity contribution in [3.8, 4) is 0 Å². The molecule has 1 aliphatic heterocycles. The van der Waals surface area contributed by atoms with Crippen molar-refractivity contribution in [3.63, 3.8) is 0 Å². The van der Waals surface area contributed by atoms with E-state index in [0.717, 1.165) is 19.5 Å². The van der Waals surface area contributed by atoms with Crippen LogP contribution >= 0.6 is 12.4 Å². The quantitative estimate of drug-likeness (QED) is 0.763. The minimum Gasteiger partial charge on any atom is -0.339 e. The van der Waals surface area contributed by atoms with Gasteiger partial charge in [-0.15, -0.1) is 12.4 Å². The van der Waals surface area contributed by atoms with Crippen LogP contribution in [0.2, 0.25) is 0 Å². The van der Waals surface area contributed by atoms with Crippen molar-refractivity contribution >= 4 is 18.3 Å². The van der Waals surface area contributed by atoms with E-state index in [1.807, 2.05) is 4.90 Å². The number of hydrogen-bond donors (Lipinski definition) is 1. The van der Waals surface area contributed by atoms with E-state index in [1.165, 1.54) is 0 Å². The average molecular weight is 247 g/mol. The second-order valence-corrected chi connectivity index (χ2v) is 5.96. The first-order valence-electron chi connectivity index (χ1n) is 5.95. The van der Waals surface area contributed by atoms with Gasteiger partial charge in [-0.1, -0.05) is 13.8 Å². The van der Waals surface area contributed by atoms with Gasteiger partial charge in [0.05, 0.1) is 0 Å². The molecule has 1 aliphatic carbocycles. The van der Waals surface area contributed by atoms with Gasteiger partial charge in [-0.2, -0.15) is 0 Å². The van der Waals surface area contributed by atoms with E-state index in [9.17, 15) is 4.79 Å². The summed E-state index contributed by atoms with van der Waals surface area (Å²) >= 11 is 0. The van der Waals surface area contributed by atoms with Crippen LogP contribution in [0, 0.1) is 11.3 Å². The highest BCUT2D eigenvalue weighted by Gasteiger charge is 2.52. The molecular weight excluding hydrogens is 224 g/mol. The van der Waals surface area contributed by atoms with Gasteiger partial charge in [0.25, 0.3) is 0 Å². The van der Waals surface area contributed by atoms with E-state index >= 15 is 0 Å². The summed E-state index contributed by atoms with van der Waals surface area (Å²) in [5.41, 5.74) is 0.258. The van der Waals surface area contributed by atoms with Crippen LogP contribution in [0.5, 0.6) is 0 Å². The smallest absolute Gasteiger partial charge is 0.226 e. The summed E-state index contributed by atoms with van der Waals surface area (Å²) in [4.78, 5) is 14.2. The minimum atomic E-state index is 0. The second-order valence-electron chi connectivity index (χ2n) is 5.96. The van der Waals surface area contributed by atoms with Gasteiger partial charge in [-0.05, 0) is 25.7 Å². The lowest BCUT2D eigenvalue weighted by Gasteiger charge is -2.36. The van der Waals surface area contributed by atoms with E-state index < -0.39 is 0 Å². The standard InChI is InChI=1S/C12H22N2O.ClH/c1-8-6-14(7-9(2)13-8)11(15)10-5-12(10,3)4;/h8-10,13H,5-7H2,1-4H3;1H. The van der Waals surface area contributed by atoms with Gasteiger partial charge in [0.15, 0.2) is 0 Å². The van der Waals surface area contributed by atoms with Crippen molar-refractivity contribution in [1.82, 2.24) is 10.2 Å². The van der Waals surface area contributed by atoms with E-state index in [-0.39, 0.29) is 23.7 Å². The van der Waals surface area contributed by atoms with E-state index in [2.05, 4.69) is 33.0 Å². The number of rotatable bonds is 1. The Morgan fingerprint density at radius 3 is 2.06 bits per heavy atom. The fraction of sp³-hybridized carbons (Fsp3) is 0.917. The number of carbonyl (C=O) groups excluding carboxylic acids is 1. The molecule has 0 aromatic rings. The van der Waals surface area contributed by atoms with E-state index in [4.69, 9.17) is 0 Å². The Labute approximate surface area is 104 Å². The van der Waals surface area contributed by atoms with Crippen LogP contribution < -0.4 is 5.32 Å². The minimum absolute atomic E-state index is 0. The third kappa shape index (κ3) is 2.69. The van der Waals surface area contributed by atoms with Crippen LogP contribution in [0.15, 0.2) is 0 Å². The largest absolute Gasteiger partial charge is 0.339 e. The summed E-state index contributed by atoms with van der Waals surface area (Å²) in [5, 5.41) is 3.45. The first-order chi connectivity index (χ1) is 6.90. The van der Waals surface area contributed by atoms with Crippen LogP contribution in [0.25, 0.3) is 0 Å². The number of nitrogens with zero attached hydrogens (tertiary/aromatic N) is 1. The van der Waals surface area contributed by atoms with Gasteiger partial charge in [0.1, 0.15) is 0 Å². The molecule has 0 radical (unpaired) electrons. The lowest BCUT2D eigenvalue weighted by molar-refractivity contribution is -0.135. The van der Waals surface area contributed by atoms with Gasteiger partial charge in [0, 0.05) is 31.1 Å². The molecule has 0 aromatic carbocycles. The Bertz CT molecular complexity index is 270. The summed E-state index contributed by atoms with van der Waals surface area (Å²) in [7, 11) is 0. The number of piperazine rings is 1. The highest BCUT2D eigenvalue weighted by atomic mass is 35.5. The van der Waals surface area contributed by atoms with Gasteiger partial charge in [-0.3, -0.25) is 4.79 Å². The molecule has 0 spiro atoms. The predicted molar refractivity (Wildman–Crippen MR) is 67.8 cm³/mol. The van der Waals surface area contributed by atoms with Crippen molar-refractivity contribution in [2.45, 2.75) is 46.2 Å². The highest BCUT2D eigenvalue weighted by molar-refractivity contribution is 5.85. The fourth-order valence-electron chi connectivity index (χ4n) is 2.62. The van der Waals surface area contributed by atoms with Gasteiger partial charge in [0.2, 0.25) is 5.91 Å². The Hall–Kier alpha value is -0.280. The summed E-state index contributed by atoms with van der Waals surface area (Å²) in [6, 6.07) is 0.860. The monoisotopic (exact) mass is 246 g/mol. The van der Waals surface area contributed by atoms with Crippen LogP contribution in [-0.2, 0) is 4.79 Å². The zero-order chi connectivity index (χ0) is 11.2. The van der Waals surface area contributed by atoms with Crippen molar-refractivity contribution in [3.05, 3.63) is 0 Å². The Morgan fingerprint density at radius 1 is 1.25 bits per heavy atom. The summed E-state index contributed by atoms with van der Waals surface area (Å²) in [6.07, 6.45) is 1.07. The van der Waals surface area contributed by atoms with Crippen molar-refractivity contribution in [1.29, 1.82) is 0 Å². The Kier molecular flexibility index (Phi) is 3.91. The Morgan fingerprint density at radius 2 is 1.69 bits per heavy atom. The van der Waals surface area contributed by atoms with Gasteiger partial charge >= 0.3 is 0 Å². The van der Waals surface area contributed by atoms with Gasteiger partial charge < -0.3 is 10.2 Å². The molecule has 1 heterocycles. The maximum Gasteiger partial charge on any atom is 0.226 e. The fourth-order valence-corrected chi connectivity index (χ4v) is 2.62. The summed E-state index contributed by atoms with van der Waals surface area (Å²) in [5.74, 6) is 0.662. The highest BCUT2D eigenvalue weighted by Crippen LogP contribution is 2.52. The van der Waals surface area contributed by atoms with Gasteiger partial charge in [-0.25, -0.2) is 0 Å². The van der Waals surface area contributed by atoms with Crippen molar-refractivity contribution in [2.75, 3.05) is 13.1 Å². The molecule has 3 unspecified atom stereocenters. The van der Waals surface area contributed by atoms with Crippen LogP contribution in [0.3, 0.4) is 0 Å². The molecule has 16 heavy (non-hydrogen) atoms. The lowest BCUT2D eigenvalue weighted by atomic mass is 10.1. The molecule has 3 atom stereocenters. The Balaban J connectivity index is 0.00000128. The van der Waals surface area contributed by atoms with Crippen LogP contribution in [-0.4, -0.2) is 36.0 Å². The summed E-state index contributed by atoms with van der Waals surface area (Å²) < 4.78 is 0. The second kappa shape index (κ2) is 4.53.